The second-order valence-electron chi connectivity index (χ2n) is 6.62. The van der Waals surface area contributed by atoms with E-state index in [4.69, 9.17) is 0 Å². The highest BCUT2D eigenvalue weighted by Gasteiger charge is 2.32. The Morgan fingerprint density at radius 1 is 1.25 bits per heavy atom. The Morgan fingerprint density at radius 2 is 1.88 bits per heavy atom. The summed E-state index contributed by atoms with van der Waals surface area (Å²) in [5, 5.41) is 0. The van der Waals surface area contributed by atoms with Crippen LogP contribution in [0.15, 0.2) is 0 Å². The molecule has 96 valence electrons. The first-order valence-corrected chi connectivity index (χ1v) is 7.13. The third-order valence-corrected chi connectivity index (χ3v) is 4.97. The van der Waals surface area contributed by atoms with Crippen molar-refractivity contribution in [3.63, 3.8) is 0 Å². The standard InChI is InChI=1S/C15H31N/c1-7-15(5,6)16-10-8-9-14(11-16)13(4)12(2)3/h12-14H,7-11H2,1-6H3. The number of hydrogen-bond donors (Lipinski definition) is 0. The van der Waals surface area contributed by atoms with Crippen molar-refractivity contribution in [2.45, 2.75) is 66.3 Å². The minimum absolute atomic E-state index is 0.398. The van der Waals surface area contributed by atoms with Crippen LogP contribution in [0.2, 0.25) is 0 Å². The van der Waals surface area contributed by atoms with Gasteiger partial charge in [0.25, 0.3) is 0 Å². The molecule has 1 nitrogen and oxygen atoms in total. The smallest absolute Gasteiger partial charge is 0.0150 e. The number of likely N-dealkylation sites (tertiary alicyclic amines) is 1. The van der Waals surface area contributed by atoms with Gasteiger partial charge in [-0.25, -0.2) is 0 Å². The SMILES string of the molecule is CCC(C)(C)N1CCCC(C(C)C(C)C)C1. The Bertz CT molecular complexity index is 207. The maximum atomic E-state index is 2.72. The minimum Gasteiger partial charge on any atom is -0.298 e. The van der Waals surface area contributed by atoms with Gasteiger partial charge in [-0.15, -0.1) is 0 Å². The first-order chi connectivity index (χ1) is 7.38. The maximum Gasteiger partial charge on any atom is 0.0150 e. The Labute approximate surface area is 103 Å². The molecule has 1 saturated heterocycles. The lowest BCUT2D eigenvalue weighted by Gasteiger charge is -2.45. The van der Waals surface area contributed by atoms with Crippen molar-refractivity contribution in [1.29, 1.82) is 0 Å². The van der Waals surface area contributed by atoms with E-state index in [1.165, 1.54) is 32.4 Å². The summed E-state index contributed by atoms with van der Waals surface area (Å²) >= 11 is 0. The van der Waals surface area contributed by atoms with E-state index in [1.807, 2.05) is 0 Å². The highest BCUT2D eigenvalue weighted by Crippen LogP contribution is 2.32. The van der Waals surface area contributed by atoms with Crippen molar-refractivity contribution in [2.75, 3.05) is 13.1 Å². The second-order valence-corrected chi connectivity index (χ2v) is 6.62. The zero-order valence-corrected chi connectivity index (χ0v) is 12.2. The predicted molar refractivity (Wildman–Crippen MR) is 72.7 cm³/mol. The van der Waals surface area contributed by atoms with Crippen LogP contribution in [0.3, 0.4) is 0 Å². The van der Waals surface area contributed by atoms with Crippen LogP contribution in [-0.4, -0.2) is 23.5 Å². The topological polar surface area (TPSA) is 3.24 Å². The molecule has 0 aromatic heterocycles. The molecular formula is C15H31N. The van der Waals surface area contributed by atoms with Gasteiger partial charge in [0.2, 0.25) is 0 Å². The van der Waals surface area contributed by atoms with E-state index in [0.29, 0.717) is 5.54 Å². The van der Waals surface area contributed by atoms with Crippen LogP contribution in [0, 0.1) is 17.8 Å². The van der Waals surface area contributed by atoms with Gasteiger partial charge in [0.05, 0.1) is 0 Å². The molecule has 1 fully saturated rings. The minimum atomic E-state index is 0.398. The average molecular weight is 225 g/mol. The summed E-state index contributed by atoms with van der Waals surface area (Å²) in [4.78, 5) is 2.72. The summed E-state index contributed by atoms with van der Waals surface area (Å²) in [5.41, 5.74) is 0.398. The third kappa shape index (κ3) is 3.23. The van der Waals surface area contributed by atoms with E-state index < -0.39 is 0 Å². The van der Waals surface area contributed by atoms with Gasteiger partial charge >= 0.3 is 0 Å². The van der Waals surface area contributed by atoms with Gasteiger partial charge in [0, 0.05) is 12.1 Å². The molecule has 0 N–H and O–H groups in total. The molecule has 1 heteroatoms. The van der Waals surface area contributed by atoms with Crippen LogP contribution >= 0.6 is 0 Å². The van der Waals surface area contributed by atoms with Crippen LogP contribution in [0.4, 0.5) is 0 Å². The molecule has 2 atom stereocenters. The van der Waals surface area contributed by atoms with Gasteiger partial charge in [-0.2, -0.15) is 0 Å². The van der Waals surface area contributed by atoms with E-state index in [0.717, 1.165) is 17.8 Å². The van der Waals surface area contributed by atoms with Crippen molar-refractivity contribution in [3.05, 3.63) is 0 Å². The molecule has 0 amide bonds. The van der Waals surface area contributed by atoms with Gasteiger partial charge in [-0.05, 0) is 57.4 Å². The van der Waals surface area contributed by atoms with Crippen LogP contribution in [0.5, 0.6) is 0 Å². The van der Waals surface area contributed by atoms with Gasteiger partial charge in [0.15, 0.2) is 0 Å². The number of piperidine rings is 1. The van der Waals surface area contributed by atoms with Gasteiger partial charge in [0.1, 0.15) is 0 Å². The fraction of sp³-hybridized carbons (Fsp3) is 1.00. The van der Waals surface area contributed by atoms with Crippen LogP contribution in [0.25, 0.3) is 0 Å². The summed E-state index contributed by atoms with van der Waals surface area (Å²) in [5.74, 6) is 2.62. The number of rotatable bonds is 4. The maximum absolute atomic E-state index is 2.72. The quantitative estimate of drug-likeness (QED) is 0.694. The Balaban J connectivity index is 2.60. The van der Waals surface area contributed by atoms with Gasteiger partial charge in [-0.3, -0.25) is 4.90 Å². The molecule has 0 aliphatic carbocycles. The summed E-state index contributed by atoms with van der Waals surface area (Å²) in [7, 11) is 0. The molecule has 16 heavy (non-hydrogen) atoms. The van der Waals surface area contributed by atoms with E-state index in [9.17, 15) is 0 Å². The molecule has 0 radical (unpaired) electrons. The van der Waals surface area contributed by atoms with Crippen molar-refractivity contribution >= 4 is 0 Å². The van der Waals surface area contributed by atoms with Crippen molar-refractivity contribution in [2.24, 2.45) is 17.8 Å². The molecule has 0 aromatic rings. The number of nitrogens with zero attached hydrogens (tertiary/aromatic N) is 1. The summed E-state index contributed by atoms with van der Waals surface area (Å²) in [6.45, 7) is 16.9. The average Bonchev–Trinajstić information content (AvgIpc) is 2.28. The molecule has 2 unspecified atom stereocenters. The van der Waals surface area contributed by atoms with E-state index in [2.05, 4.69) is 46.4 Å². The largest absolute Gasteiger partial charge is 0.298 e. The molecule has 0 saturated carbocycles. The lowest BCUT2D eigenvalue weighted by molar-refractivity contribution is 0.0402. The first kappa shape index (κ1) is 14.0. The summed E-state index contributed by atoms with van der Waals surface area (Å²) in [6, 6.07) is 0. The monoisotopic (exact) mass is 225 g/mol. The highest BCUT2D eigenvalue weighted by molar-refractivity contribution is 4.86. The fourth-order valence-corrected chi connectivity index (χ4v) is 2.76. The second kappa shape index (κ2) is 5.53. The van der Waals surface area contributed by atoms with E-state index in [1.54, 1.807) is 0 Å². The van der Waals surface area contributed by atoms with Crippen LogP contribution in [0.1, 0.15) is 60.8 Å². The summed E-state index contributed by atoms with van der Waals surface area (Å²) in [6.07, 6.45) is 4.09. The molecule has 1 rings (SSSR count). The lowest BCUT2D eigenvalue weighted by atomic mass is 9.79. The van der Waals surface area contributed by atoms with Crippen molar-refractivity contribution in [1.82, 2.24) is 4.90 Å². The van der Waals surface area contributed by atoms with Crippen LogP contribution in [-0.2, 0) is 0 Å². The third-order valence-electron chi connectivity index (χ3n) is 4.97. The van der Waals surface area contributed by atoms with Crippen molar-refractivity contribution in [3.8, 4) is 0 Å². The number of hydrogen-bond acceptors (Lipinski definition) is 1. The predicted octanol–water partition coefficient (Wildman–Crippen LogP) is 4.18. The van der Waals surface area contributed by atoms with E-state index in [-0.39, 0.29) is 0 Å². The highest BCUT2D eigenvalue weighted by atomic mass is 15.2. The Morgan fingerprint density at radius 3 is 2.38 bits per heavy atom. The zero-order chi connectivity index (χ0) is 12.3. The molecular weight excluding hydrogens is 194 g/mol. The Kier molecular flexibility index (Phi) is 4.85. The molecule has 1 heterocycles. The van der Waals surface area contributed by atoms with Crippen molar-refractivity contribution < 1.29 is 0 Å². The molecule has 0 bridgehead atoms. The Hall–Kier alpha value is -0.0400. The summed E-state index contributed by atoms with van der Waals surface area (Å²) < 4.78 is 0. The normalized spacial score (nSPS) is 26.1. The lowest BCUT2D eigenvalue weighted by Crippen LogP contribution is -2.50. The molecule has 0 aromatic carbocycles. The zero-order valence-electron chi connectivity index (χ0n) is 12.2. The molecule has 0 spiro atoms. The van der Waals surface area contributed by atoms with Gasteiger partial charge in [-0.1, -0.05) is 27.7 Å². The van der Waals surface area contributed by atoms with Gasteiger partial charge < -0.3 is 0 Å². The fourth-order valence-electron chi connectivity index (χ4n) is 2.76. The first-order valence-electron chi connectivity index (χ1n) is 7.13. The molecule has 1 aliphatic rings. The van der Waals surface area contributed by atoms with Crippen LogP contribution < -0.4 is 0 Å². The molecule has 1 aliphatic heterocycles. The van der Waals surface area contributed by atoms with E-state index >= 15 is 0 Å².